The number of halogens is 3. The fourth-order valence-corrected chi connectivity index (χ4v) is 9.47. The van der Waals surface area contributed by atoms with Crippen molar-refractivity contribution in [2.75, 3.05) is 61.1 Å². The molecular formula is C42H45F3N12O5. The van der Waals surface area contributed by atoms with Crippen LogP contribution in [0.2, 0.25) is 0 Å². The van der Waals surface area contributed by atoms with E-state index in [-0.39, 0.29) is 61.5 Å². The molecule has 324 valence electrons. The second-order valence-electron chi connectivity index (χ2n) is 16.7. The molecule has 5 fully saturated rings. The molecule has 4 aliphatic heterocycles. The number of carbonyl (C=O) groups excluding carboxylic acids is 3. The molecule has 9 heterocycles. The third kappa shape index (κ3) is 7.95. The molecule has 5 aliphatic rings. The Bertz CT molecular complexity index is 2580. The number of carbonyl (C=O) groups is 3. The van der Waals surface area contributed by atoms with Gasteiger partial charge in [0.25, 0.3) is 12.3 Å². The first-order chi connectivity index (χ1) is 30.1. The summed E-state index contributed by atoms with van der Waals surface area (Å²) < 4.78 is 60.2. The molecule has 4 amide bonds. The normalized spacial score (nSPS) is 25.5. The van der Waals surface area contributed by atoms with Gasteiger partial charge < -0.3 is 19.7 Å². The number of pyridine rings is 1. The number of hydrogen-bond donors (Lipinski definition) is 2. The fourth-order valence-electron chi connectivity index (χ4n) is 9.47. The first-order valence-corrected chi connectivity index (χ1v) is 21.1. The lowest BCUT2D eigenvalue weighted by molar-refractivity contribution is -0.120. The Balaban J connectivity index is 0.691. The number of nitrogens with zero attached hydrogens (tertiary/aromatic N) is 10. The zero-order valence-corrected chi connectivity index (χ0v) is 33.7. The van der Waals surface area contributed by atoms with Crippen molar-refractivity contribution in [3.05, 3.63) is 66.0 Å². The number of aromatic nitrogens is 7. The van der Waals surface area contributed by atoms with Gasteiger partial charge in [-0.2, -0.15) is 10.2 Å². The lowest BCUT2D eigenvalue weighted by Gasteiger charge is -2.38. The van der Waals surface area contributed by atoms with Gasteiger partial charge in [0.1, 0.15) is 35.6 Å². The van der Waals surface area contributed by atoms with Crippen LogP contribution in [0.1, 0.15) is 79.0 Å². The van der Waals surface area contributed by atoms with E-state index in [1.807, 2.05) is 6.07 Å². The van der Waals surface area contributed by atoms with Crippen LogP contribution >= 0.6 is 0 Å². The molecule has 1 aliphatic carbocycles. The number of imide groups is 1. The predicted molar refractivity (Wildman–Crippen MR) is 218 cm³/mol. The molecular weight excluding hydrogens is 810 g/mol. The van der Waals surface area contributed by atoms with Gasteiger partial charge in [-0.25, -0.2) is 32.4 Å². The summed E-state index contributed by atoms with van der Waals surface area (Å²) in [4.78, 5) is 52.2. The van der Waals surface area contributed by atoms with Crippen LogP contribution in [0, 0.1) is 17.8 Å². The Hall–Kier alpha value is -6.04. The molecule has 4 saturated heterocycles. The Kier molecular flexibility index (Phi) is 10.8. The second kappa shape index (κ2) is 16.7. The molecule has 5 aromatic heterocycles. The van der Waals surface area contributed by atoms with Gasteiger partial charge in [-0.3, -0.25) is 33.8 Å². The number of anilines is 3. The number of amides is 4. The van der Waals surface area contributed by atoms with Crippen molar-refractivity contribution in [2.24, 2.45) is 5.92 Å². The maximum Gasteiger partial charge on any atom is 0.329 e. The average molecular weight is 855 g/mol. The van der Waals surface area contributed by atoms with E-state index in [0.29, 0.717) is 54.0 Å². The van der Waals surface area contributed by atoms with Crippen molar-refractivity contribution in [1.29, 1.82) is 0 Å². The number of fused-ring (bicyclic) bond motifs is 4. The summed E-state index contributed by atoms with van der Waals surface area (Å²) in [5.74, 6) is 6.71. The minimum atomic E-state index is -2.89. The maximum absolute atomic E-state index is 15.3. The molecule has 0 unspecified atom stereocenters. The molecule has 2 bridgehead atoms. The van der Waals surface area contributed by atoms with E-state index >= 15 is 4.39 Å². The monoisotopic (exact) mass is 854 g/mol. The first kappa shape index (κ1) is 40.1. The van der Waals surface area contributed by atoms with Crippen molar-refractivity contribution in [3.8, 4) is 11.8 Å². The second-order valence-corrected chi connectivity index (χ2v) is 16.7. The van der Waals surface area contributed by atoms with E-state index < -0.39 is 36.3 Å². The van der Waals surface area contributed by atoms with Crippen molar-refractivity contribution in [1.82, 2.24) is 44.0 Å². The van der Waals surface area contributed by atoms with Gasteiger partial charge in [0, 0.05) is 63.3 Å². The summed E-state index contributed by atoms with van der Waals surface area (Å²) in [5.41, 5.74) is 1.26. The highest BCUT2D eigenvalue weighted by Crippen LogP contribution is 2.36. The largest absolute Gasteiger partial charge is 0.374 e. The topological polar surface area (TPSA) is 169 Å². The van der Waals surface area contributed by atoms with Crippen LogP contribution in [0.25, 0.3) is 11.3 Å². The number of morpholine rings is 1. The highest BCUT2D eigenvalue weighted by atomic mass is 19.3. The molecule has 2 N–H and O–H groups in total. The van der Waals surface area contributed by atoms with E-state index in [4.69, 9.17) is 14.5 Å². The van der Waals surface area contributed by atoms with E-state index in [1.54, 1.807) is 39.8 Å². The summed E-state index contributed by atoms with van der Waals surface area (Å²) in [5, 5.41) is 13.5. The van der Waals surface area contributed by atoms with E-state index in [0.717, 1.165) is 45.2 Å². The van der Waals surface area contributed by atoms with Crippen LogP contribution < -0.4 is 20.4 Å². The molecule has 1 saturated carbocycles. The van der Waals surface area contributed by atoms with Crippen LogP contribution in [0.3, 0.4) is 0 Å². The Morgan fingerprint density at radius 1 is 1.06 bits per heavy atom. The number of rotatable bonds is 10. The van der Waals surface area contributed by atoms with E-state index in [1.165, 1.54) is 21.8 Å². The van der Waals surface area contributed by atoms with Crippen LogP contribution in [0.4, 0.5) is 35.3 Å². The molecule has 5 aromatic rings. The van der Waals surface area contributed by atoms with Gasteiger partial charge in [0.15, 0.2) is 11.3 Å². The number of urea groups is 1. The average Bonchev–Trinajstić information content (AvgIpc) is 4.12. The SMILES string of the molecule is O=C1CCN(c2cnc3cc(C#CCO[C@@H]4CCN(CC5CCC(n6cc(NC(=O)c7cnn8ccc(N9C[C@H]%10C[C@@H]9CO%10)nc78)c(C(F)F)n6)CC5)C[C@@H]4F)ccn23)C(=O)N1. The zero-order valence-electron chi connectivity index (χ0n) is 33.7. The Morgan fingerprint density at radius 3 is 2.71 bits per heavy atom. The van der Waals surface area contributed by atoms with Gasteiger partial charge in [-0.15, -0.1) is 0 Å². The van der Waals surface area contributed by atoms with Gasteiger partial charge >= 0.3 is 6.03 Å². The highest BCUT2D eigenvalue weighted by molar-refractivity contribution is 6.08. The summed E-state index contributed by atoms with van der Waals surface area (Å²) >= 11 is 0. The molecule has 10 rings (SSSR count). The molecule has 0 aromatic carbocycles. The quantitative estimate of drug-likeness (QED) is 0.191. The number of ether oxygens (including phenoxy) is 2. The number of alkyl halides is 3. The summed E-state index contributed by atoms with van der Waals surface area (Å²) in [6, 6.07) is 5.06. The number of piperidine rings is 1. The van der Waals surface area contributed by atoms with Crippen LogP contribution in [-0.4, -0.2) is 127 Å². The molecule has 4 atom stereocenters. The zero-order chi connectivity index (χ0) is 42.5. The van der Waals surface area contributed by atoms with Crippen LogP contribution in [0.5, 0.6) is 0 Å². The number of likely N-dealkylation sites (tertiary alicyclic amines) is 1. The van der Waals surface area contributed by atoms with Gasteiger partial charge in [0.2, 0.25) is 5.91 Å². The molecule has 62 heavy (non-hydrogen) atoms. The first-order valence-electron chi connectivity index (χ1n) is 21.1. The van der Waals surface area contributed by atoms with Crippen LogP contribution in [-0.2, 0) is 14.3 Å². The molecule has 17 nitrogen and oxygen atoms in total. The molecule has 0 radical (unpaired) electrons. The number of hydrogen-bond acceptors (Lipinski definition) is 11. The molecule has 20 heteroatoms. The minimum Gasteiger partial charge on any atom is -0.374 e. The highest BCUT2D eigenvalue weighted by Gasteiger charge is 2.40. The minimum absolute atomic E-state index is 0.0434. The van der Waals surface area contributed by atoms with Crippen molar-refractivity contribution < 1.29 is 37.0 Å². The number of imidazole rings is 1. The Labute approximate surface area is 353 Å². The van der Waals surface area contributed by atoms with Gasteiger partial charge in [-0.1, -0.05) is 11.8 Å². The van der Waals surface area contributed by atoms with E-state index in [9.17, 15) is 23.2 Å². The Morgan fingerprint density at radius 2 is 1.94 bits per heavy atom. The summed E-state index contributed by atoms with van der Waals surface area (Å²) in [7, 11) is 0. The van der Waals surface area contributed by atoms with Crippen molar-refractivity contribution in [3.63, 3.8) is 0 Å². The van der Waals surface area contributed by atoms with Crippen molar-refractivity contribution in [2.45, 2.75) is 81.8 Å². The predicted octanol–water partition coefficient (Wildman–Crippen LogP) is 4.40. The van der Waals surface area contributed by atoms with Crippen molar-refractivity contribution >= 4 is 46.5 Å². The maximum atomic E-state index is 15.3. The lowest BCUT2D eigenvalue weighted by Crippen LogP contribution is -2.50. The van der Waals surface area contributed by atoms with Crippen LogP contribution in [0.15, 0.2) is 49.2 Å². The third-order valence-electron chi connectivity index (χ3n) is 12.7. The van der Waals surface area contributed by atoms with Gasteiger partial charge in [0.05, 0.1) is 49.0 Å². The smallest absolute Gasteiger partial charge is 0.329 e. The molecule has 0 spiro atoms. The third-order valence-corrected chi connectivity index (χ3v) is 12.7. The van der Waals surface area contributed by atoms with E-state index in [2.05, 4.69) is 47.5 Å². The number of nitrogens with one attached hydrogen (secondary N) is 2. The summed E-state index contributed by atoms with van der Waals surface area (Å²) in [6.07, 6.45) is 8.30. The summed E-state index contributed by atoms with van der Waals surface area (Å²) in [6.45, 7) is 3.39. The lowest BCUT2D eigenvalue weighted by atomic mass is 9.85. The fraction of sp³-hybridized carbons (Fsp3) is 0.500. The standard InChI is InChI=1S/C42H45F3N12O5/c43-31-22-52(11-8-33(31)61-15-1-2-25-7-12-53-35(16-25)46-19-37(53)54-13-10-36(58)50-42(54)60)20-26-3-5-27(6-4-26)57-23-32(38(51-57)39(44)45)48-41(59)30-18-47-56-14-9-34(49-40(30)56)55-21-29-17-28(55)24-62-29/h7,9,12,14,16,18-19,23,26-29,31,33,39H,3-6,8,10-11,13,15,17,20-22,24H2,(H,48,59)(H,50,58,60)/t26?,27?,28-,29-,31+,33-/m1/s1. The van der Waals surface area contributed by atoms with Gasteiger partial charge in [-0.05, 0) is 62.6 Å².